The van der Waals surface area contributed by atoms with Crippen molar-refractivity contribution in [3.8, 4) is 11.5 Å². The third kappa shape index (κ3) is 7.28. The highest BCUT2D eigenvalue weighted by Gasteiger charge is 2.35. The second kappa shape index (κ2) is 14.9. The number of hydrogen-bond donors (Lipinski definition) is 1. The van der Waals surface area contributed by atoms with Crippen molar-refractivity contribution >= 4 is 51.0 Å². The lowest BCUT2D eigenvalue weighted by Gasteiger charge is -2.26. The number of fused-ring (bicyclic) bond motifs is 1. The number of ether oxygens (including phenoxy) is 3. The van der Waals surface area contributed by atoms with Gasteiger partial charge in [-0.1, -0.05) is 72.0 Å². The quantitative estimate of drug-likeness (QED) is 0.157. The third-order valence-electron chi connectivity index (χ3n) is 7.73. The van der Waals surface area contributed by atoms with Gasteiger partial charge in [0.15, 0.2) is 4.80 Å². The summed E-state index contributed by atoms with van der Waals surface area (Å²) in [5.74, 6) is -0.266. The van der Waals surface area contributed by atoms with Crippen LogP contribution >= 0.6 is 27.3 Å². The monoisotopic (exact) mass is 738 g/mol. The summed E-state index contributed by atoms with van der Waals surface area (Å²) < 4.78 is 19.9. The minimum Gasteiger partial charge on any atom is -0.494 e. The van der Waals surface area contributed by atoms with E-state index in [0.29, 0.717) is 43.2 Å². The van der Waals surface area contributed by atoms with E-state index in [0.717, 1.165) is 16.7 Å². The van der Waals surface area contributed by atoms with Crippen LogP contribution in [-0.4, -0.2) is 34.8 Å². The number of thiazole rings is 1. The van der Waals surface area contributed by atoms with Crippen LogP contribution in [0.5, 0.6) is 11.5 Å². The summed E-state index contributed by atoms with van der Waals surface area (Å²) in [7, 11) is 0. The van der Waals surface area contributed by atoms with Gasteiger partial charge in [0, 0.05) is 5.56 Å². The normalized spacial score (nSPS) is 14.2. The fourth-order valence-electron chi connectivity index (χ4n) is 5.45. The fraction of sp³-hybridized carbons (Fsp3) is 0.158. The molecule has 1 aliphatic heterocycles. The zero-order chi connectivity index (χ0) is 34.5. The van der Waals surface area contributed by atoms with Crippen molar-refractivity contribution in [3.63, 3.8) is 0 Å². The standard InChI is InChI=1S/C38H31BrN2O7S/c1-3-46-28-17-15-26(16-18-28)34-32(37(45)47-4-2)33(25-8-6-5-7-9-25)40-38-41(34)35(42)31(49-38)21-24-12-19-30(29(39)20-24)48-22-23-10-13-27(14-11-23)36(43)44/h5-21,34H,3-4,22H2,1-2H3,(H,43,44)/b31-21+/t34-/m1/s1. The summed E-state index contributed by atoms with van der Waals surface area (Å²) in [6.07, 6.45) is 1.79. The minimum atomic E-state index is -0.985. The van der Waals surface area contributed by atoms with Crippen LogP contribution in [0.3, 0.4) is 0 Å². The molecule has 0 saturated heterocycles. The summed E-state index contributed by atoms with van der Waals surface area (Å²) >= 11 is 4.82. The van der Waals surface area contributed by atoms with E-state index in [1.165, 1.54) is 23.5 Å². The molecule has 11 heteroatoms. The van der Waals surface area contributed by atoms with Gasteiger partial charge >= 0.3 is 11.9 Å². The predicted octanol–water partition coefficient (Wildman–Crippen LogP) is 6.37. The number of esters is 1. The van der Waals surface area contributed by atoms with E-state index < -0.39 is 18.0 Å². The van der Waals surface area contributed by atoms with Crippen molar-refractivity contribution in [1.82, 2.24) is 4.57 Å². The second-order valence-corrected chi connectivity index (χ2v) is 12.8. The van der Waals surface area contributed by atoms with Crippen molar-refractivity contribution in [2.24, 2.45) is 4.99 Å². The van der Waals surface area contributed by atoms with Gasteiger partial charge in [-0.15, -0.1) is 0 Å². The van der Waals surface area contributed by atoms with Gasteiger partial charge in [0.05, 0.1) is 45.1 Å². The molecule has 1 aromatic heterocycles. The highest BCUT2D eigenvalue weighted by Crippen LogP contribution is 2.36. The molecule has 2 heterocycles. The van der Waals surface area contributed by atoms with Crippen LogP contribution in [-0.2, 0) is 16.1 Å². The first-order valence-electron chi connectivity index (χ1n) is 15.5. The molecule has 0 saturated carbocycles. The summed E-state index contributed by atoms with van der Waals surface area (Å²) in [6, 6.07) is 28.0. The number of benzene rings is 4. The first kappa shape index (κ1) is 33.6. The van der Waals surface area contributed by atoms with E-state index >= 15 is 0 Å². The molecule has 1 N–H and O–H groups in total. The Labute approximate surface area is 294 Å². The molecule has 0 bridgehead atoms. The number of aromatic carboxylic acids is 1. The van der Waals surface area contributed by atoms with Gasteiger partial charge in [0.1, 0.15) is 18.1 Å². The van der Waals surface area contributed by atoms with Crippen molar-refractivity contribution in [1.29, 1.82) is 0 Å². The van der Waals surface area contributed by atoms with Crippen LogP contribution in [0.15, 0.2) is 117 Å². The van der Waals surface area contributed by atoms with Crippen LogP contribution in [0, 0.1) is 0 Å². The topological polar surface area (TPSA) is 116 Å². The van der Waals surface area contributed by atoms with Gasteiger partial charge in [-0.3, -0.25) is 9.36 Å². The molecular formula is C38H31BrN2O7S. The number of carbonyl (C=O) groups is 2. The Morgan fingerprint density at radius 3 is 2.33 bits per heavy atom. The lowest BCUT2D eigenvalue weighted by atomic mass is 9.93. The molecule has 0 amide bonds. The van der Waals surface area contributed by atoms with Gasteiger partial charge in [-0.05, 0) is 88.9 Å². The predicted molar refractivity (Wildman–Crippen MR) is 191 cm³/mol. The van der Waals surface area contributed by atoms with Crippen molar-refractivity contribution in [2.45, 2.75) is 26.5 Å². The molecule has 4 aromatic carbocycles. The molecule has 6 rings (SSSR count). The summed E-state index contributed by atoms with van der Waals surface area (Å²) in [5.41, 5.74) is 3.66. The number of rotatable bonds is 11. The Morgan fingerprint density at radius 1 is 0.939 bits per heavy atom. The Bertz CT molecular complexity index is 2230. The maximum Gasteiger partial charge on any atom is 0.338 e. The second-order valence-electron chi connectivity index (χ2n) is 10.9. The van der Waals surface area contributed by atoms with Crippen molar-refractivity contribution < 1.29 is 28.9 Å². The third-order valence-corrected chi connectivity index (χ3v) is 9.33. The molecule has 5 aromatic rings. The fourth-order valence-corrected chi connectivity index (χ4v) is 6.96. The van der Waals surface area contributed by atoms with Crippen LogP contribution in [0.25, 0.3) is 11.8 Å². The molecule has 0 spiro atoms. The lowest BCUT2D eigenvalue weighted by Crippen LogP contribution is -2.40. The summed E-state index contributed by atoms with van der Waals surface area (Å²) in [4.78, 5) is 44.4. The minimum absolute atomic E-state index is 0.163. The van der Waals surface area contributed by atoms with E-state index in [-0.39, 0.29) is 29.9 Å². The average Bonchev–Trinajstić information content (AvgIpc) is 3.42. The largest absolute Gasteiger partial charge is 0.494 e. The van der Waals surface area contributed by atoms with Crippen LogP contribution in [0.4, 0.5) is 0 Å². The molecule has 0 unspecified atom stereocenters. The smallest absolute Gasteiger partial charge is 0.338 e. The number of halogens is 1. The van der Waals surface area contributed by atoms with Crippen LogP contribution in [0.1, 0.15) is 52.5 Å². The Kier molecular flexibility index (Phi) is 10.2. The van der Waals surface area contributed by atoms with Gasteiger partial charge in [0.2, 0.25) is 0 Å². The molecule has 0 radical (unpaired) electrons. The number of carboxylic acid groups (broad SMARTS) is 1. The van der Waals surface area contributed by atoms with Crippen molar-refractivity contribution in [3.05, 3.63) is 155 Å². The molecule has 248 valence electrons. The maximum absolute atomic E-state index is 14.2. The molecule has 0 aliphatic carbocycles. The lowest BCUT2D eigenvalue weighted by molar-refractivity contribution is -0.138. The van der Waals surface area contributed by atoms with Crippen LogP contribution in [0.2, 0.25) is 0 Å². The zero-order valence-electron chi connectivity index (χ0n) is 26.6. The molecule has 9 nitrogen and oxygen atoms in total. The Hall–Kier alpha value is -5.26. The summed E-state index contributed by atoms with van der Waals surface area (Å²) in [5, 5.41) is 9.13. The number of aromatic nitrogens is 1. The van der Waals surface area contributed by atoms with Gasteiger partial charge in [-0.25, -0.2) is 14.6 Å². The zero-order valence-corrected chi connectivity index (χ0v) is 29.0. The van der Waals surface area contributed by atoms with E-state index in [4.69, 9.17) is 24.3 Å². The number of carboxylic acids is 1. The SMILES string of the molecule is CCOC(=O)C1=C(c2ccccc2)N=c2s/c(=C/c3ccc(OCc4ccc(C(=O)O)cc4)c(Br)c3)c(=O)n2[C@@H]1c1ccc(OCC)cc1. The number of carbonyl (C=O) groups excluding carboxylic acids is 1. The van der Waals surface area contributed by atoms with E-state index in [9.17, 15) is 14.4 Å². The molecule has 1 atom stereocenters. The first-order valence-corrected chi connectivity index (χ1v) is 17.1. The van der Waals surface area contributed by atoms with E-state index in [2.05, 4.69) is 15.9 Å². The highest BCUT2D eigenvalue weighted by molar-refractivity contribution is 9.10. The number of hydrogen-bond acceptors (Lipinski definition) is 8. The molecular weight excluding hydrogens is 708 g/mol. The highest BCUT2D eigenvalue weighted by atomic mass is 79.9. The van der Waals surface area contributed by atoms with Gasteiger partial charge in [0.25, 0.3) is 5.56 Å². The van der Waals surface area contributed by atoms with Gasteiger partial charge < -0.3 is 19.3 Å². The van der Waals surface area contributed by atoms with E-state index in [1.54, 1.807) is 35.8 Å². The maximum atomic E-state index is 14.2. The Morgan fingerprint density at radius 2 is 1.67 bits per heavy atom. The molecule has 1 aliphatic rings. The summed E-state index contributed by atoms with van der Waals surface area (Å²) in [6.45, 7) is 4.56. The average molecular weight is 740 g/mol. The van der Waals surface area contributed by atoms with Crippen LogP contribution < -0.4 is 24.4 Å². The molecule has 49 heavy (non-hydrogen) atoms. The Balaban J connectivity index is 1.41. The molecule has 0 fully saturated rings. The number of nitrogens with zero attached hydrogens (tertiary/aromatic N) is 2. The first-order chi connectivity index (χ1) is 23.8. The van der Waals surface area contributed by atoms with E-state index in [1.807, 2.05) is 73.7 Å². The van der Waals surface area contributed by atoms with Crippen molar-refractivity contribution in [2.75, 3.05) is 13.2 Å². The van der Waals surface area contributed by atoms with Gasteiger partial charge in [-0.2, -0.15) is 0 Å².